The van der Waals surface area contributed by atoms with Crippen LogP contribution in [0.5, 0.6) is 0 Å². The zero-order valence-electron chi connectivity index (χ0n) is 20.8. The molecule has 2 heterocycles. The number of anilines is 1. The second-order valence-corrected chi connectivity index (χ2v) is 10.4. The SMILES string of the molecule is CCC(C)CNC(=O)CN1CN(c2ccccc2)C2(CCN(C(=O)C3CCCCC3)CC2)C1=O. The number of hydrogen-bond donors (Lipinski definition) is 1. The Morgan fingerprint density at radius 1 is 1.09 bits per heavy atom. The Kier molecular flexibility index (Phi) is 7.79. The number of likely N-dealkylation sites (tertiary alicyclic amines) is 1. The van der Waals surface area contributed by atoms with E-state index >= 15 is 0 Å². The highest BCUT2D eigenvalue weighted by Crippen LogP contribution is 2.40. The molecule has 2 aliphatic heterocycles. The van der Waals surface area contributed by atoms with Crippen LogP contribution in [0.15, 0.2) is 30.3 Å². The first kappa shape index (κ1) is 24.6. The van der Waals surface area contributed by atoms with E-state index in [0.29, 0.717) is 45.1 Å². The normalized spacial score (nSPS) is 21.7. The molecule has 1 aromatic rings. The van der Waals surface area contributed by atoms with Gasteiger partial charge in [-0.25, -0.2) is 0 Å². The predicted octanol–water partition coefficient (Wildman–Crippen LogP) is 3.40. The Morgan fingerprint density at radius 3 is 2.41 bits per heavy atom. The molecule has 2 saturated heterocycles. The molecule has 7 heteroatoms. The number of para-hydroxylation sites is 1. The molecule has 1 unspecified atom stereocenters. The van der Waals surface area contributed by atoms with E-state index in [9.17, 15) is 14.4 Å². The quantitative estimate of drug-likeness (QED) is 0.666. The van der Waals surface area contributed by atoms with Crippen LogP contribution >= 0.6 is 0 Å². The van der Waals surface area contributed by atoms with Crippen LogP contribution in [-0.4, -0.2) is 65.9 Å². The van der Waals surface area contributed by atoms with Crippen LogP contribution < -0.4 is 10.2 Å². The van der Waals surface area contributed by atoms with Gasteiger partial charge in [-0.1, -0.05) is 57.7 Å². The van der Waals surface area contributed by atoms with Crippen molar-refractivity contribution < 1.29 is 14.4 Å². The number of carbonyl (C=O) groups is 3. The Hall–Kier alpha value is -2.57. The van der Waals surface area contributed by atoms with Crippen molar-refractivity contribution in [1.82, 2.24) is 15.1 Å². The highest BCUT2D eigenvalue weighted by atomic mass is 16.2. The third-order valence-corrected chi connectivity index (χ3v) is 8.12. The minimum atomic E-state index is -0.693. The molecule has 1 N–H and O–H groups in total. The maximum Gasteiger partial charge on any atom is 0.250 e. The molecular weight excluding hydrogens is 428 g/mol. The molecule has 1 aromatic carbocycles. The number of nitrogens with zero attached hydrogens (tertiary/aromatic N) is 3. The lowest BCUT2D eigenvalue weighted by atomic mass is 9.83. The van der Waals surface area contributed by atoms with Crippen LogP contribution in [-0.2, 0) is 14.4 Å². The van der Waals surface area contributed by atoms with E-state index in [2.05, 4.69) is 24.1 Å². The van der Waals surface area contributed by atoms with Crippen molar-refractivity contribution in [3.05, 3.63) is 30.3 Å². The lowest BCUT2D eigenvalue weighted by Crippen LogP contribution is -2.58. The third kappa shape index (κ3) is 5.08. The summed E-state index contributed by atoms with van der Waals surface area (Å²) in [7, 11) is 0. The van der Waals surface area contributed by atoms with Gasteiger partial charge in [0, 0.05) is 31.2 Å². The van der Waals surface area contributed by atoms with Crippen LogP contribution in [0, 0.1) is 11.8 Å². The highest BCUT2D eigenvalue weighted by Gasteiger charge is 2.54. The van der Waals surface area contributed by atoms with Crippen molar-refractivity contribution >= 4 is 23.4 Å². The van der Waals surface area contributed by atoms with Crippen molar-refractivity contribution in [3.8, 4) is 0 Å². The van der Waals surface area contributed by atoms with Crippen molar-refractivity contribution in [2.24, 2.45) is 11.8 Å². The lowest BCUT2D eigenvalue weighted by Gasteiger charge is -2.44. The van der Waals surface area contributed by atoms with E-state index in [4.69, 9.17) is 0 Å². The summed E-state index contributed by atoms with van der Waals surface area (Å²) in [6, 6.07) is 10.00. The summed E-state index contributed by atoms with van der Waals surface area (Å²) >= 11 is 0. The monoisotopic (exact) mass is 468 g/mol. The topological polar surface area (TPSA) is 73.0 Å². The van der Waals surface area contributed by atoms with Gasteiger partial charge in [0.2, 0.25) is 11.8 Å². The van der Waals surface area contributed by atoms with Crippen LogP contribution in [0.1, 0.15) is 65.2 Å². The lowest BCUT2D eigenvalue weighted by molar-refractivity contribution is -0.142. The van der Waals surface area contributed by atoms with Crippen LogP contribution in [0.25, 0.3) is 0 Å². The van der Waals surface area contributed by atoms with E-state index in [0.717, 1.165) is 37.8 Å². The van der Waals surface area contributed by atoms with Gasteiger partial charge in [0.1, 0.15) is 12.1 Å². The molecule has 0 radical (unpaired) electrons. The molecule has 1 aliphatic carbocycles. The fourth-order valence-corrected chi connectivity index (χ4v) is 5.69. The number of piperidine rings is 1. The number of nitrogens with one attached hydrogen (secondary N) is 1. The maximum absolute atomic E-state index is 13.8. The number of hydrogen-bond acceptors (Lipinski definition) is 4. The molecule has 186 valence electrons. The van der Waals surface area contributed by atoms with Crippen LogP contribution in [0.2, 0.25) is 0 Å². The summed E-state index contributed by atoms with van der Waals surface area (Å²) < 4.78 is 0. The first-order valence-electron chi connectivity index (χ1n) is 13.1. The Balaban J connectivity index is 1.47. The van der Waals surface area contributed by atoms with Crippen LogP contribution in [0.4, 0.5) is 5.69 Å². The van der Waals surface area contributed by atoms with E-state index in [-0.39, 0.29) is 30.2 Å². The molecular formula is C27H40N4O3. The van der Waals surface area contributed by atoms with E-state index in [1.54, 1.807) is 4.90 Å². The summed E-state index contributed by atoms with van der Waals surface area (Å²) in [5.41, 5.74) is 0.298. The number of amides is 3. The summed E-state index contributed by atoms with van der Waals surface area (Å²) in [6.45, 7) is 6.50. The van der Waals surface area contributed by atoms with Crippen molar-refractivity contribution in [1.29, 1.82) is 0 Å². The van der Waals surface area contributed by atoms with Crippen molar-refractivity contribution in [2.45, 2.75) is 70.8 Å². The molecule has 0 aromatic heterocycles. The summed E-state index contributed by atoms with van der Waals surface area (Å²) in [4.78, 5) is 45.4. The second-order valence-electron chi connectivity index (χ2n) is 10.4. The minimum Gasteiger partial charge on any atom is -0.354 e. The van der Waals surface area contributed by atoms with Gasteiger partial charge in [0.25, 0.3) is 5.91 Å². The average molecular weight is 469 g/mol. The fourth-order valence-electron chi connectivity index (χ4n) is 5.69. The molecule has 1 saturated carbocycles. The van der Waals surface area contributed by atoms with E-state index < -0.39 is 5.54 Å². The molecule has 7 nitrogen and oxygen atoms in total. The Morgan fingerprint density at radius 2 is 1.76 bits per heavy atom. The highest BCUT2D eigenvalue weighted by molar-refractivity contribution is 5.96. The second kappa shape index (κ2) is 10.8. The maximum atomic E-state index is 13.8. The van der Waals surface area contributed by atoms with E-state index in [1.807, 2.05) is 35.2 Å². The number of carbonyl (C=O) groups excluding carboxylic acids is 3. The van der Waals surface area contributed by atoms with Gasteiger partial charge in [-0.2, -0.15) is 0 Å². The fraction of sp³-hybridized carbons (Fsp3) is 0.667. The van der Waals surface area contributed by atoms with Gasteiger partial charge in [-0.3, -0.25) is 14.4 Å². The molecule has 1 spiro atoms. The zero-order chi connectivity index (χ0) is 24.1. The van der Waals surface area contributed by atoms with Gasteiger partial charge in [-0.05, 0) is 43.7 Å². The third-order valence-electron chi connectivity index (χ3n) is 8.12. The molecule has 3 fully saturated rings. The van der Waals surface area contributed by atoms with Crippen LogP contribution in [0.3, 0.4) is 0 Å². The van der Waals surface area contributed by atoms with Gasteiger partial charge in [0.05, 0.1) is 6.67 Å². The average Bonchev–Trinajstić information content (AvgIpc) is 3.14. The largest absolute Gasteiger partial charge is 0.354 e. The van der Waals surface area contributed by atoms with Gasteiger partial charge < -0.3 is 20.0 Å². The predicted molar refractivity (Wildman–Crippen MR) is 133 cm³/mol. The summed E-state index contributed by atoms with van der Waals surface area (Å²) in [5.74, 6) is 0.741. The Bertz CT molecular complexity index is 860. The van der Waals surface area contributed by atoms with Gasteiger partial charge in [-0.15, -0.1) is 0 Å². The summed E-state index contributed by atoms with van der Waals surface area (Å²) in [5, 5.41) is 2.98. The standard InChI is InChI=1S/C27H40N4O3/c1-3-21(2)18-28-24(32)19-30-20-31(23-12-8-5-9-13-23)27(26(30)34)14-16-29(17-15-27)25(33)22-10-6-4-7-11-22/h5,8-9,12-13,21-22H,3-4,6-7,10-11,14-20H2,1-2H3,(H,28,32). The first-order valence-corrected chi connectivity index (χ1v) is 13.1. The molecule has 4 rings (SSSR count). The summed E-state index contributed by atoms with van der Waals surface area (Å²) in [6.07, 6.45) is 7.71. The molecule has 1 atom stereocenters. The zero-order valence-corrected chi connectivity index (χ0v) is 20.8. The van der Waals surface area contributed by atoms with Gasteiger partial charge in [0.15, 0.2) is 0 Å². The number of benzene rings is 1. The van der Waals surface area contributed by atoms with Gasteiger partial charge >= 0.3 is 0 Å². The smallest absolute Gasteiger partial charge is 0.250 e. The number of rotatable bonds is 7. The Labute approximate surface area is 203 Å². The molecule has 0 bridgehead atoms. The van der Waals surface area contributed by atoms with E-state index in [1.165, 1.54) is 6.42 Å². The first-order chi connectivity index (χ1) is 16.4. The molecule has 3 amide bonds. The van der Waals surface area contributed by atoms with Crippen molar-refractivity contribution in [2.75, 3.05) is 37.7 Å². The minimum absolute atomic E-state index is 0.0137. The van der Waals surface area contributed by atoms with Crippen molar-refractivity contribution in [3.63, 3.8) is 0 Å². The molecule has 3 aliphatic rings. The molecule has 34 heavy (non-hydrogen) atoms.